The fourth-order valence-electron chi connectivity index (χ4n) is 4.41. The van der Waals surface area contributed by atoms with Gasteiger partial charge in [-0.2, -0.15) is 0 Å². The normalized spacial score (nSPS) is 21.5. The van der Waals surface area contributed by atoms with Crippen LogP contribution in [-0.2, 0) is 22.7 Å². The summed E-state index contributed by atoms with van der Waals surface area (Å²) in [5, 5.41) is 8.14. The van der Waals surface area contributed by atoms with E-state index in [9.17, 15) is 9.59 Å². The Hall–Kier alpha value is -1.92. The van der Waals surface area contributed by atoms with Crippen molar-refractivity contribution >= 4 is 11.8 Å². The van der Waals surface area contributed by atoms with Crippen molar-refractivity contribution in [3.63, 3.8) is 0 Å². The Morgan fingerprint density at radius 3 is 2.78 bits per heavy atom. The van der Waals surface area contributed by atoms with Gasteiger partial charge in [0.2, 0.25) is 11.8 Å². The molecule has 1 unspecified atom stereocenters. The average molecular weight is 376 g/mol. The Balaban J connectivity index is 1.56. The molecule has 1 atom stereocenters. The van der Waals surface area contributed by atoms with E-state index in [0.29, 0.717) is 31.8 Å². The molecule has 1 aliphatic heterocycles. The number of piperidine rings is 1. The summed E-state index contributed by atoms with van der Waals surface area (Å²) in [7, 11) is 1.83. The van der Waals surface area contributed by atoms with Gasteiger partial charge >= 0.3 is 0 Å². The Morgan fingerprint density at radius 2 is 2.04 bits per heavy atom. The van der Waals surface area contributed by atoms with Crippen molar-refractivity contribution in [3.05, 3.63) is 12.2 Å². The number of hydrogen-bond donors (Lipinski definition) is 0. The first-order valence-corrected chi connectivity index (χ1v) is 10.5. The SMILES string of the molecule is CCCn1cnnc1CN(C)C(=O)C1CCC(=O)N(CC2CCCCC2)C1. The van der Waals surface area contributed by atoms with Gasteiger partial charge in [0, 0.05) is 33.1 Å². The molecule has 0 N–H and O–H groups in total. The summed E-state index contributed by atoms with van der Waals surface area (Å²) in [6.45, 7) is 4.83. The zero-order valence-corrected chi connectivity index (χ0v) is 16.8. The lowest BCUT2D eigenvalue weighted by molar-refractivity contribution is -0.143. The van der Waals surface area contributed by atoms with Gasteiger partial charge in [0.1, 0.15) is 6.33 Å². The van der Waals surface area contributed by atoms with Crippen LogP contribution in [0.5, 0.6) is 0 Å². The van der Waals surface area contributed by atoms with Crippen molar-refractivity contribution in [1.29, 1.82) is 0 Å². The molecule has 0 bridgehead atoms. The van der Waals surface area contributed by atoms with E-state index >= 15 is 0 Å². The van der Waals surface area contributed by atoms with Gasteiger partial charge in [-0.05, 0) is 31.6 Å². The summed E-state index contributed by atoms with van der Waals surface area (Å²) in [6, 6.07) is 0. The van der Waals surface area contributed by atoms with E-state index in [2.05, 4.69) is 17.1 Å². The summed E-state index contributed by atoms with van der Waals surface area (Å²) in [5.74, 6) is 1.66. The van der Waals surface area contributed by atoms with E-state index in [-0.39, 0.29) is 17.7 Å². The number of rotatable bonds is 7. The van der Waals surface area contributed by atoms with E-state index in [1.54, 1.807) is 11.2 Å². The Morgan fingerprint density at radius 1 is 1.26 bits per heavy atom. The topological polar surface area (TPSA) is 71.3 Å². The summed E-state index contributed by atoms with van der Waals surface area (Å²) in [5.41, 5.74) is 0. The Labute approximate surface area is 162 Å². The largest absolute Gasteiger partial charge is 0.342 e. The second kappa shape index (κ2) is 9.33. The van der Waals surface area contributed by atoms with Crippen LogP contribution in [0.3, 0.4) is 0 Å². The zero-order chi connectivity index (χ0) is 19.2. The minimum absolute atomic E-state index is 0.0983. The maximum Gasteiger partial charge on any atom is 0.227 e. The molecule has 1 saturated carbocycles. The lowest BCUT2D eigenvalue weighted by Gasteiger charge is -2.36. The minimum atomic E-state index is -0.0983. The van der Waals surface area contributed by atoms with E-state index in [0.717, 1.165) is 25.3 Å². The number of likely N-dealkylation sites (tertiary alicyclic amines) is 1. The highest BCUT2D eigenvalue weighted by atomic mass is 16.2. The fourth-order valence-corrected chi connectivity index (χ4v) is 4.41. The van der Waals surface area contributed by atoms with Gasteiger partial charge in [-0.1, -0.05) is 26.2 Å². The van der Waals surface area contributed by atoms with Crippen LogP contribution in [0.1, 0.15) is 64.1 Å². The lowest BCUT2D eigenvalue weighted by atomic mass is 9.87. The van der Waals surface area contributed by atoms with Crippen molar-refractivity contribution in [3.8, 4) is 0 Å². The first-order valence-electron chi connectivity index (χ1n) is 10.5. The first kappa shape index (κ1) is 19.8. The maximum absolute atomic E-state index is 13.0. The third-order valence-electron chi connectivity index (χ3n) is 5.97. The summed E-state index contributed by atoms with van der Waals surface area (Å²) >= 11 is 0. The summed E-state index contributed by atoms with van der Waals surface area (Å²) in [6.07, 6.45) is 10.2. The van der Waals surface area contributed by atoms with Crippen LogP contribution >= 0.6 is 0 Å². The molecule has 1 saturated heterocycles. The van der Waals surface area contributed by atoms with Gasteiger partial charge in [-0.15, -0.1) is 10.2 Å². The number of aryl methyl sites for hydroxylation is 1. The molecule has 2 heterocycles. The highest BCUT2D eigenvalue weighted by molar-refractivity contribution is 5.83. The third kappa shape index (κ3) is 5.08. The number of carbonyl (C=O) groups is 2. The lowest BCUT2D eigenvalue weighted by Crippen LogP contribution is -2.47. The number of hydrogen-bond acceptors (Lipinski definition) is 4. The number of carbonyl (C=O) groups excluding carboxylic acids is 2. The predicted octanol–water partition coefficient (Wildman–Crippen LogP) is 2.47. The monoisotopic (exact) mass is 375 g/mol. The van der Waals surface area contributed by atoms with Crippen LogP contribution in [0.2, 0.25) is 0 Å². The standard InChI is InChI=1S/C20H33N5O2/c1-3-11-24-15-21-22-18(24)14-23(2)20(27)17-9-10-19(26)25(13-17)12-16-7-5-4-6-8-16/h15-17H,3-14H2,1-2H3. The van der Waals surface area contributed by atoms with Crippen LogP contribution in [0.15, 0.2) is 6.33 Å². The molecule has 7 heteroatoms. The summed E-state index contributed by atoms with van der Waals surface area (Å²) in [4.78, 5) is 29.0. The van der Waals surface area contributed by atoms with Gasteiger partial charge in [0.15, 0.2) is 5.82 Å². The van der Waals surface area contributed by atoms with Crippen molar-refractivity contribution < 1.29 is 9.59 Å². The molecule has 150 valence electrons. The quantitative estimate of drug-likeness (QED) is 0.734. The molecule has 1 aliphatic carbocycles. The van der Waals surface area contributed by atoms with Crippen LogP contribution in [0, 0.1) is 11.8 Å². The first-order chi connectivity index (χ1) is 13.1. The third-order valence-corrected chi connectivity index (χ3v) is 5.97. The molecule has 0 radical (unpaired) electrons. The molecule has 0 aromatic carbocycles. The van der Waals surface area contributed by atoms with Gasteiger partial charge in [0.25, 0.3) is 0 Å². The number of amides is 2. The highest BCUT2D eigenvalue weighted by Crippen LogP contribution is 2.27. The van der Waals surface area contributed by atoms with E-state index in [4.69, 9.17) is 0 Å². The molecule has 1 aromatic heterocycles. The molecular formula is C20H33N5O2. The molecule has 2 fully saturated rings. The van der Waals surface area contributed by atoms with E-state index < -0.39 is 0 Å². The Kier molecular flexibility index (Phi) is 6.85. The van der Waals surface area contributed by atoms with Crippen LogP contribution in [-0.4, -0.2) is 56.5 Å². The fraction of sp³-hybridized carbons (Fsp3) is 0.800. The molecule has 0 spiro atoms. The second-order valence-electron chi connectivity index (χ2n) is 8.17. The van der Waals surface area contributed by atoms with Crippen molar-refractivity contribution in [2.45, 2.75) is 71.4 Å². The zero-order valence-electron chi connectivity index (χ0n) is 16.8. The number of aromatic nitrogens is 3. The minimum Gasteiger partial charge on any atom is -0.342 e. The van der Waals surface area contributed by atoms with E-state index in [1.807, 2.05) is 16.5 Å². The highest BCUT2D eigenvalue weighted by Gasteiger charge is 2.33. The molecule has 7 nitrogen and oxygen atoms in total. The second-order valence-corrected chi connectivity index (χ2v) is 8.17. The van der Waals surface area contributed by atoms with E-state index in [1.165, 1.54) is 32.1 Å². The van der Waals surface area contributed by atoms with Gasteiger partial charge in [-0.3, -0.25) is 9.59 Å². The van der Waals surface area contributed by atoms with Crippen LogP contribution in [0.4, 0.5) is 0 Å². The molecule has 27 heavy (non-hydrogen) atoms. The van der Waals surface area contributed by atoms with Crippen molar-refractivity contribution in [2.75, 3.05) is 20.1 Å². The van der Waals surface area contributed by atoms with Crippen molar-refractivity contribution in [1.82, 2.24) is 24.6 Å². The molecule has 3 rings (SSSR count). The Bertz CT molecular complexity index is 638. The average Bonchev–Trinajstić information content (AvgIpc) is 3.11. The molecule has 2 amide bonds. The van der Waals surface area contributed by atoms with Crippen LogP contribution in [0.25, 0.3) is 0 Å². The van der Waals surface area contributed by atoms with Crippen molar-refractivity contribution in [2.24, 2.45) is 11.8 Å². The molecule has 2 aliphatic rings. The van der Waals surface area contributed by atoms with Gasteiger partial charge in [-0.25, -0.2) is 0 Å². The molecule has 1 aromatic rings. The van der Waals surface area contributed by atoms with Crippen LogP contribution < -0.4 is 0 Å². The maximum atomic E-state index is 13.0. The van der Waals surface area contributed by atoms with Gasteiger partial charge < -0.3 is 14.4 Å². The predicted molar refractivity (Wildman–Crippen MR) is 103 cm³/mol. The van der Waals surface area contributed by atoms with Gasteiger partial charge in [0.05, 0.1) is 12.5 Å². The summed E-state index contributed by atoms with van der Waals surface area (Å²) < 4.78 is 2.00. The molecular weight excluding hydrogens is 342 g/mol. The number of nitrogens with zero attached hydrogens (tertiary/aromatic N) is 5. The smallest absolute Gasteiger partial charge is 0.227 e.